The van der Waals surface area contributed by atoms with Crippen LogP contribution in [0.1, 0.15) is 22.3 Å². The van der Waals surface area contributed by atoms with E-state index in [1.807, 2.05) is 6.07 Å². The average molecular weight is 536 g/mol. The molecule has 12 heteroatoms. The van der Waals surface area contributed by atoms with Gasteiger partial charge in [0.2, 0.25) is 0 Å². The van der Waals surface area contributed by atoms with Crippen LogP contribution in [0, 0.1) is 0 Å². The van der Waals surface area contributed by atoms with Gasteiger partial charge in [-0.2, -0.15) is 26.3 Å². The van der Waals surface area contributed by atoms with Gasteiger partial charge in [0.05, 0.1) is 25.1 Å². The summed E-state index contributed by atoms with van der Waals surface area (Å²) in [5.41, 5.74) is -2.41. The maximum absolute atomic E-state index is 13.9. The highest BCUT2D eigenvalue weighted by Gasteiger charge is 2.71. The minimum atomic E-state index is -5.98. The predicted molar refractivity (Wildman–Crippen MR) is 119 cm³/mol. The molecule has 0 radical (unpaired) electrons. The van der Waals surface area contributed by atoms with Gasteiger partial charge in [0, 0.05) is 37.3 Å². The van der Waals surface area contributed by atoms with E-state index in [0.29, 0.717) is 41.5 Å². The second-order valence-corrected chi connectivity index (χ2v) is 11.1. The van der Waals surface area contributed by atoms with E-state index < -0.39 is 32.0 Å². The number of hydrogen-bond donors (Lipinski definition) is 2. The van der Waals surface area contributed by atoms with E-state index in [1.54, 1.807) is 6.07 Å². The lowest BCUT2D eigenvalue weighted by Gasteiger charge is -2.36. The van der Waals surface area contributed by atoms with Gasteiger partial charge in [0.25, 0.3) is 5.60 Å². The van der Waals surface area contributed by atoms with Crippen molar-refractivity contribution in [2.75, 3.05) is 32.6 Å². The first-order valence-corrected chi connectivity index (χ1v) is 12.9. The van der Waals surface area contributed by atoms with Crippen LogP contribution in [-0.4, -0.2) is 60.8 Å². The number of aliphatic hydroxyl groups is 2. The standard InChI is InChI=1S/C24H23F6O5P/c25-23(26,27)22(32,24(28,29)30)12-36(17-10-13(1-5-31)9-14-2-6-33-18(14)17)21-19-15(3-7-34-19)11-16-4-8-35-20(16)21/h9-11,31-32H,1-8,12H2. The number of aliphatic hydroxyl groups excluding tert-OH is 1. The molecule has 3 aliphatic heterocycles. The monoisotopic (exact) mass is 536 g/mol. The fourth-order valence-electron chi connectivity index (χ4n) is 4.89. The summed E-state index contributed by atoms with van der Waals surface area (Å²) in [6.07, 6.45) is -12.1. The molecule has 0 saturated carbocycles. The van der Waals surface area contributed by atoms with Crippen LogP contribution in [0.15, 0.2) is 18.2 Å². The van der Waals surface area contributed by atoms with Gasteiger partial charge in [-0.15, -0.1) is 0 Å². The number of benzene rings is 2. The summed E-state index contributed by atoms with van der Waals surface area (Å²) in [6.45, 7) is 0.427. The van der Waals surface area contributed by atoms with Gasteiger partial charge in [-0.25, -0.2) is 0 Å². The van der Waals surface area contributed by atoms with Crippen molar-refractivity contribution < 1.29 is 50.8 Å². The molecule has 0 amide bonds. The van der Waals surface area contributed by atoms with E-state index in [1.165, 1.54) is 6.07 Å². The molecule has 0 saturated heterocycles. The van der Waals surface area contributed by atoms with E-state index in [2.05, 4.69) is 0 Å². The van der Waals surface area contributed by atoms with Crippen LogP contribution in [-0.2, 0) is 25.7 Å². The molecular formula is C24H23F6O5P. The largest absolute Gasteiger partial charge is 0.492 e. The van der Waals surface area contributed by atoms with Crippen molar-refractivity contribution in [3.05, 3.63) is 40.5 Å². The normalized spacial score (nSPS) is 17.7. The molecule has 5 nitrogen and oxygen atoms in total. The highest BCUT2D eigenvalue weighted by Crippen LogP contribution is 2.55. The molecule has 2 aromatic carbocycles. The number of hydrogen-bond acceptors (Lipinski definition) is 5. The molecule has 2 N–H and O–H groups in total. The highest BCUT2D eigenvalue weighted by atomic mass is 31.1. The number of ether oxygens (including phenoxy) is 3. The van der Waals surface area contributed by atoms with E-state index in [0.717, 1.165) is 0 Å². The number of alkyl halides is 6. The van der Waals surface area contributed by atoms with Gasteiger partial charge in [-0.1, -0.05) is 6.07 Å². The molecule has 3 aliphatic rings. The van der Waals surface area contributed by atoms with Gasteiger partial charge in [-0.3, -0.25) is 0 Å². The Bertz CT molecular complexity index is 1130. The molecule has 2 aromatic rings. The second kappa shape index (κ2) is 8.96. The van der Waals surface area contributed by atoms with Gasteiger partial charge in [-0.05, 0) is 48.7 Å². The lowest BCUT2D eigenvalue weighted by molar-refractivity contribution is -0.358. The van der Waals surface area contributed by atoms with Crippen molar-refractivity contribution in [3.63, 3.8) is 0 Å². The maximum atomic E-state index is 13.9. The van der Waals surface area contributed by atoms with Gasteiger partial charge in [0.1, 0.15) is 17.2 Å². The Kier molecular flexibility index (Phi) is 6.32. The fourth-order valence-corrected chi connectivity index (χ4v) is 7.96. The van der Waals surface area contributed by atoms with Crippen LogP contribution < -0.4 is 24.8 Å². The number of fused-ring (bicyclic) bond motifs is 3. The molecule has 1 atom stereocenters. The fraction of sp³-hybridized carbons (Fsp3) is 0.500. The second-order valence-electron chi connectivity index (χ2n) is 9.02. The topological polar surface area (TPSA) is 68.2 Å². The van der Waals surface area contributed by atoms with Gasteiger partial charge < -0.3 is 24.4 Å². The summed E-state index contributed by atoms with van der Waals surface area (Å²) in [6, 6.07) is 5.04. The molecule has 0 bridgehead atoms. The van der Waals surface area contributed by atoms with Crippen molar-refractivity contribution in [3.8, 4) is 17.2 Å². The zero-order chi connectivity index (χ0) is 25.9. The van der Waals surface area contributed by atoms with Crippen LogP contribution in [0.2, 0.25) is 0 Å². The smallest absolute Gasteiger partial charge is 0.426 e. The zero-order valence-corrected chi connectivity index (χ0v) is 19.8. The number of rotatable bonds is 6. The van der Waals surface area contributed by atoms with Crippen LogP contribution in [0.5, 0.6) is 17.2 Å². The molecule has 0 aromatic heterocycles. The maximum Gasteiger partial charge on any atom is 0.426 e. The summed E-state index contributed by atoms with van der Waals surface area (Å²) in [5.74, 6) is 0.650. The molecule has 1 unspecified atom stereocenters. The summed E-state index contributed by atoms with van der Waals surface area (Å²) in [4.78, 5) is 0. The third kappa shape index (κ3) is 4.09. The highest BCUT2D eigenvalue weighted by molar-refractivity contribution is 7.73. The third-order valence-electron chi connectivity index (χ3n) is 6.71. The summed E-state index contributed by atoms with van der Waals surface area (Å²) in [5, 5.41) is 20.0. The Morgan fingerprint density at radius 1 is 0.750 bits per heavy atom. The Morgan fingerprint density at radius 3 is 1.75 bits per heavy atom. The average Bonchev–Trinajstić information content (AvgIpc) is 3.54. The van der Waals surface area contributed by atoms with E-state index in [-0.39, 0.29) is 60.7 Å². The van der Waals surface area contributed by atoms with Gasteiger partial charge in [0.15, 0.2) is 0 Å². The van der Waals surface area contributed by atoms with Crippen LogP contribution >= 0.6 is 7.92 Å². The van der Waals surface area contributed by atoms with Crippen molar-refractivity contribution in [1.82, 2.24) is 0 Å². The lowest BCUT2D eigenvalue weighted by Crippen LogP contribution is -2.59. The summed E-state index contributed by atoms with van der Waals surface area (Å²) < 4.78 is 101. The molecule has 0 fully saturated rings. The number of halogens is 6. The van der Waals surface area contributed by atoms with Crippen molar-refractivity contribution in [2.24, 2.45) is 0 Å². The summed E-state index contributed by atoms with van der Waals surface area (Å²) in [7, 11) is -2.55. The Morgan fingerprint density at radius 2 is 1.25 bits per heavy atom. The Balaban J connectivity index is 1.78. The molecular weight excluding hydrogens is 513 g/mol. The molecule has 0 aliphatic carbocycles. The molecule has 196 valence electrons. The van der Waals surface area contributed by atoms with Crippen molar-refractivity contribution in [1.29, 1.82) is 0 Å². The first-order valence-electron chi connectivity index (χ1n) is 11.4. The first kappa shape index (κ1) is 25.4. The van der Waals surface area contributed by atoms with E-state index in [4.69, 9.17) is 14.2 Å². The van der Waals surface area contributed by atoms with Gasteiger partial charge >= 0.3 is 12.4 Å². The molecule has 3 heterocycles. The molecule has 0 spiro atoms. The first-order chi connectivity index (χ1) is 16.9. The van der Waals surface area contributed by atoms with Crippen LogP contribution in [0.25, 0.3) is 0 Å². The van der Waals surface area contributed by atoms with Crippen molar-refractivity contribution >= 4 is 18.5 Å². The minimum absolute atomic E-state index is 0.123. The summed E-state index contributed by atoms with van der Waals surface area (Å²) >= 11 is 0. The van der Waals surface area contributed by atoms with E-state index >= 15 is 0 Å². The minimum Gasteiger partial charge on any atom is -0.492 e. The Hall–Kier alpha value is -2.23. The molecule has 5 rings (SSSR count). The predicted octanol–water partition coefficient (Wildman–Crippen LogP) is 3.31. The molecule has 36 heavy (non-hydrogen) atoms. The zero-order valence-electron chi connectivity index (χ0n) is 18.9. The lowest BCUT2D eigenvalue weighted by atomic mass is 10.1. The van der Waals surface area contributed by atoms with Crippen LogP contribution in [0.3, 0.4) is 0 Å². The third-order valence-corrected chi connectivity index (χ3v) is 9.34. The van der Waals surface area contributed by atoms with Crippen LogP contribution in [0.4, 0.5) is 26.3 Å². The Labute approximate surface area is 203 Å². The van der Waals surface area contributed by atoms with Crippen molar-refractivity contribution in [2.45, 2.75) is 43.6 Å². The van der Waals surface area contributed by atoms with E-state index in [9.17, 15) is 36.6 Å². The SMILES string of the molecule is OCCc1cc2c(c(P(CC(O)(C(F)(F)F)C(F)(F)F)c3c4c(cc5c3OCC5)CCO4)c1)OCC2. The quantitative estimate of drug-likeness (QED) is 0.438.